The van der Waals surface area contributed by atoms with Crippen LogP contribution in [0.1, 0.15) is 34.6 Å². The molecule has 0 saturated carbocycles. The van der Waals surface area contributed by atoms with Crippen LogP contribution >= 0.6 is 23.0 Å². The Kier molecular flexibility index (Phi) is 4.47. The maximum absolute atomic E-state index is 12.0. The van der Waals surface area contributed by atoms with E-state index in [1.807, 2.05) is 0 Å². The zero-order chi connectivity index (χ0) is 14.1. The summed E-state index contributed by atoms with van der Waals surface area (Å²) in [6, 6.07) is 0. The van der Waals surface area contributed by atoms with Crippen molar-refractivity contribution in [3.63, 3.8) is 0 Å². The molecule has 0 N–H and O–H groups in total. The van der Waals surface area contributed by atoms with Gasteiger partial charge in [-0.2, -0.15) is 0 Å². The molecule has 0 aromatic heterocycles. The third-order valence-corrected chi connectivity index (χ3v) is 2.82. The fourth-order valence-corrected chi connectivity index (χ4v) is 1.90. The normalized spacial score (nSPS) is 22.8. The fourth-order valence-electron chi connectivity index (χ4n) is 1.62. The van der Waals surface area contributed by atoms with Gasteiger partial charge in [-0.25, -0.2) is 9.59 Å². The number of carbonyl (C=O) groups is 2. The van der Waals surface area contributed by atoms with Gasteiger partial charge in [-0.3, -0.25) is 4.90 Å². The van der Waals surface area contributed by atoms with Crippen LogP contribution in [0.25, 0.3) is 0 Å². The van der Waals surface area contributed by atoms with Crippen LogP contribution in [0.15, 0.2) is 0 Å². The first-order valence-electron chi connectivity index (χ1n) is 5.58. The summed E-state index contributed by atoms with van der Waals surface area (Å²) in [6.45, 7) is 8.89. The summed E-state index contributed by atoms with van der Waals surface area (Å²) < 4.78 is 15.4. The number of hydrogen-bond acceptors (Lipinski definition) is 5. The fraction of sp³-hybridized carbons (Fsp3) is 0.818. The van der Waals surface area contributed by atoms with Crippen LogP contribution in [0.4, 0.5) is 4.79 Å². The summed E-state index contributed by atoms with van der Waals surface area (Å²) in [7, 11) is 0. The largest absolute Gasteiger partial charge is 0.444 e. The summed E-state index contributed by atoms with van der Waals surface area (Å²) in [4.78, 5) is 24.8. The average molecular weight is 371 g/mol. The first-order valence-corrected chi connectivity index (χ1v) is 6.46. The van der Waals surface area contributed by atoms with Crippen LogP contribution < -0.4 is 0 Å². The quantitative estimate of drug-likeness (QED) is 0.662. The number of hydrogen-bond donors (Lipinski definition) is 0. The number of carbonyl (C=O) groups excluding carboxylic acids is 2. The van der Waals surface area contributed by atoms with Crippen molar-refractivity contribution in [2.24, 2.45) is 0 Å². The molecule has 1 fully saturated rings. The lowest BCUT2D eigenvalue weighted by Gasteiger charge is -2.31. The van der Waals surface area contributed by atoms with Crippen molar-refractivity contribution >= 4 is 35.1 Å². The predicted octanol–water partition coefficient (Wildman–Crippen LogP) is 2.25. The second-order valence-electron chi connectivity index (χ2n) is 5.54. The van der Waals surface area contributed by atoms with Gasteiger partial charge in [-0.15, -0.1) is 0 Å². The molecule has 0 bridgehead atoms. The first-order chi connectivity index (χ1) is 8.07. The monoisotopic (exact) mass is 371 g/mol. The number of ether oxygens (including phenoxy) is 2. The Balaban J connectivity index is 2.77. The number of amides is 1. The Labute approximate surface area is 121 Å². The van der Waals surface area contributed by atoms with Crippen molar-refractivity contribution in [3.05, 3.63) is 0 Å². The molecule has 0 aliphatic carbocycles. The molecule has 0 aromatic rings. The van der Waals surface area contributed by atoms with Gasteiger partial charge < -0.3 is 12.5 Å². The summed E-state index contributed by atoms with van der Waals surface area (Å²) >= 11 is 1.50. The van der Waals surface area contributed by atoms with Gasteiger partial charge >= 0.3 is 12.1 Å². The molecule has 1 aliphatic rings. The van der Waals surface area contributed by atoms with Crippen LogP contribution in [0.2, 0.25) is 0 Å². The predicted molar refractivity (Wildman–Crippen MR) is 72.0 cm³/mol. The Morgan fingerprint density at radius 2 is 1.94 bits per heavy atom. The third-order valence-electron chi connectivity index (χ3n) is 2.38. The molecule has 1 unspecified atom stereocenters. The molecule has 0 spiro atoms. The first kappa shape index (κ1) is 15.5. The van der Waals surface area contributed by atoms with Gasteiger partial charge in [0.15, 0.2) is 29.1 Å². The highest BCUT2D eigenvalue weighted by atomic mass is 127. The maximum Gasteiger partial charge on any atom is 0.412 e. The molecule has 18 heavy (non-hydrogen) atoms. The molecule has 7 heteroatoms. The minimum atomic E-state index is -0.891. The van der Waals surface area contributed by atoms with E-state index in [9.17, 15) is 9.59 Å². The maximum atomic E-state index is 12.0. The van der Waals surface area contributed by atoms with E-state index in [-0.39, 0.29) is 6.54 Å². The molecular weight excluding hydrogens is 353 g/mol. The number of rotatable bonds is 1. The Morgan fingerprint density at radius 3 is 2.39 bits per heavy atom. The molecule has 1 saturated heterocycles. The van der Waals surface area contributed by atoms with E-state index >= 15 is 0 Å². The van der Waals surface area contributed by atoms with Crippen LogP contribution in [0.3, 0.4) is 0 Å². The van der Waals surface area contributed by atoms with E-state index in [4.69, 9.17) is 9.47 Å². The second kappa shape index (κ2) is 5.20. The number of halogens is 1. The van der Waals surface area contributed by atoms with Crippen molar-refractivity contribution in [3.8, 4) is 0 Å². The molecule has 0 aromatic carbocycles. The van der Waals surface area contributed by atoms with Crippen LogP contribution in [0, 0.1) is 0 Å². The van der Waals surface area contributed by atoms with E-state index in [2.05, 4.69) is 3.07 Å². The minimum Gasteiger partial charge on any atom is -0.444 e. The lowest BCUT2D eigenvalue weighted by atomic mass is 10.2. The van der Waals surface area contributed by atoms with Crippen LogP contribution in [-0.4, -0.2) is 40.9 Å². The van der Waals surface area contributed by atoms with Crippen molar-refractivity contribution in [2.75, 3.05) is 6.54 Å². The molecular formula is C11H18INO5. The zero-order valence-electron chi connectivity index (χ0n) is 11.2. The molecule has 1 amide bonds. The Bertz CT molecular complexity index is 350. The van der Waals surface area contributed by atoms with Crippen molar-refractivity contribution in [1.82, 2.24) is 4.90 Å². The minimum absolute atomic E-state index is 0.129. The molecule has 1 rings (SSSR count). The van der Waals surface area contributed by atoms with Gasteiger partial charge in [0.2, 0.25) is 0 Å². The van der Waals surface area contributed by atoms with Gasteiger partial charge in [0.1, 0.15) is 11.3 Å². The highest BCUT2D eigenvalue weighted by Crippen LogP contribution is 2.29. The molecule has 1 heterocycles. The summed E-state index contributed by atoms with van der Waals surface area (Å²) in [5, 5.41) is 0. The van der Waals surface area contributed by atoms with E-state index in [1.54, 1.807) is 34.6 Å². The van der Waals surface area contributed by atoms with Crippen LogP contribution in [0.5, 0.6) is 0 Å². The second-order valence-corrected chi connectivity index (χ2v) is 5.98. The number of nitrogens with zero attached hydrogens (tertiary/aromatic N) is 1. The smallest absolute Gasteiger partial charge is 0.412 e. The van der Waals surface area contributed by atoms with Gasteiger partial charge in [-0.1, -0.05) is 0 Å². The average Bonchev–Trinajstić information content (AvgIpc) is 2.50. The lowest BCUT2D eigenvalue weighted by Crippen LogP contribution is -2.46. The highest BCUT2D eigenvalue weighted by Gasteiger charge is 2.47. The van der Waals surface area contributed by atoms with Gasteiger partial charge in [0, 0.05) is 0 Å². The molecule has 1 atom stereocenters. The van der Waals surface area contributed by atoms with Crippen molar-refractivity contribution in [2.45, 2.75) is 52.0 Å². The highest BCUT2D eigenvalue weighted by molar-refractivity contribution is 14.1. The van der Waals surface area contributed by atoms with E-state index in [0.717, 1.165) is 0 Å². The Morgan fingerprint density at radius 1 is 1.39 bits per heavy atom. The summed E-state index contributed by atoms with van der Waals surface area (Å²) in [6.07, 6.45) is -1.28. The van der Waals surface area contributed by atoms with Gasteiger partial charge in [-0.05, 0) is 34.6 Å². The van der Waals surface area contributed by atoms with E-state index in [0.29, 0.717) is 0 Å². The van der Waals surface area contributed by atoms with Gasteiger partial charge in [0.25, 0.3) is 0 Å². The topological polar surface area (TPSA) is 65.1 Å². The van der Waals surface area contributed by atoms with Crippen molar-refractivity contribution < 1.29 is 22.1 Å². The lowest BCUT2D eigenvalue weighted by molar-refractivity contribution is -0.148. The standard InChI is InChI=1S/C11H18INO5/c1-10(2,3)17-9(15)13-6-7(8(14)18-12)16-11(13,4)5/h7H,6H2,1-5H3. The molecule has 1 aliphatic heterocycles. The summed E-state index contributed by atoms with van der Waals surface area (Å²) in [5.74, 6) is -0.505. The zero-order valence-corrected chi connectivity index (χ0v) is 13.3. The molecule has 6 nitrogen and oxygen atoms in total. The van der Waals surface area contributed by atoms with Gasteiger partial charge in [0.05, 0.1) is 6.54 Å². The summed E-state index contributed by atoms with van der Waals surface area (Å²) in [5.41, 5.74) is -1.48. The Hall–Kier alpha value is -0.570. The van der Waals surface area contributed by atoms with Crippen LogP contribution in [-0.2, 0) is 17.3 Å². The van der Waals surface area contributed by atoms with Crippen molar-refractivity contribution in [1.29, 1.82) is 0 Å². The molecule has 104 valence electrons. The third kappa shape index (κ3) is 3.71. The van der Waals surface area contributed by atoms with E-state index < -0.39 is 29.5 Å². The van der Waals surface area contributed by atoms with E-state index in [1.165, 1.54) is 27.9 Å². The molecule has 0 radical (unpaired) electrons. The SMILES string of the molecule is CC(C)(C)OC(=O)N1CC(C(=O)OI)OC1(C)C.